The Morgan fingerprint density at radius 1 is 1.38 bits per heavy atom. The molecule has 4 rings (SSSR count). The van der Waals surface area contributed by atoms with E-state index < -0.39 is 5.82 Å². The largest absolute Gasteiger partial charge is 0.322 e. The number of nitrogens with one attached hydrogen (secondary N) is 1. The van der Waals surface area contributed by atoms with Gasteiger partial charge in [0.2, 0.25) is 0 Å². The first-order chi connectivity index (χ1) is 12.5. The molecule has 0 unspecified atom stereocenters. The number of benzene rings is 1. The second-order valence-electron chi connectivity index (χ2n) is 6.84. The van der Waals surface area contributed by atoms with E-state index in [-0.39, 0.29) is 17.8 Å². The Morgan fingerprint density at radius 3 is 2.92 bits per heavy atom. The van der Waals surface area contributed by atoms with E-state index in [0.29, 0.717) is 31.1 Å². The van der Waals surface area contributed by atoms with Crippen LogP contribution in [0.15, 0.2) is 30.6 Å². The molecule has 8 heteroatoms. The predicted molar refractivity (Wildman–Crippen MR) is 93.4 cm³/mol. The monoisotopic (exact) mass is 354 g/mol. The van der Waals surface area contributed by atoms with Gasteiger partial charge in [-0.15, -0.1) is 0 Å². The molecule has 0 spiro atoms. The first kappa shape index (κ1) is 16.4. The highest BCUT2D eigenvalue weighted by atomic mass is 19.1. The number of aromatic nitrogens is 2. The molecule has 0 radical (unpaired) electrons. The molecule has 7 nitrogen and oxygen atoms in total. The van der Waals surface area contributed by atoms with Gasteiger partial charge in [0.25, 0.3) is 0 Å². The lowest BCUT2D eigenvalue weighted by Crippen LogP contribution is -2.41. The van der Waals surface area contributed by atoms with Gasteiger partial charge in [0.15, 0.2) is 6.19 Å². The van der Waals surface area contributed by atoms with Crippen molar-refractivity contribution in [2.45, 2.75) is 12.5 Å². The summed E-state index contributed by atoms with van der Waals surface area (Å²) in [6.45, 7) is 1.88. The zero-order valence-electron chi connectivity index (χ0n) is 14.4. The van der Waals surface area contributed by atoms with Gasteiger partial charge >= 0.3 is 6.03 Å². The summed E-state index contributed by atoms with van der Waals surface area (Å²) in [6.07, 6.45) is 6.49. The van der Waals surface area contributed by atoms with Crippen LogP contribution in [0.5, 0.6) is 0 Å². The van der Waals surface area contributed by atoms with Gasteiger partial charge in [-0.1, -0.05) is 6.07 Å². The van der Waals surface area contributed by atoms with Gasteiger partial charge in [0, 0.05) is 44.4 Å². The van der Waals surface area contributed by atoms with Crippen LogP contribution in [0.1, 0.15) is 6.42 Å². The zero-order valence-corrected chi connectivity index (χ0v) is 14.4. The topological polar surface area (TPSA) is 77.2 Å². The van der Waals surface area contributed by atoms with Gasteiger partial charge in [-0.2, -0.15) is 10.4 Å². The first-order valence-electron chi connectivity index (χ1n) is 8.56. The zero-order chi connectivity index (χ0) is 18.3. The molecule has 26 heavy (non-hydrogen) atoms. The third-order valence-electron chi connectivity index (χ3n) is 5.20. The smallest absolute Gasteiger partial charge is 0.319 e. The molecule has 1 aromatic heterocycles. The van der Waals surface area contributed by atoms with Gasteiger partial charge in [-0.3, -0.25) is 4.68 Å². The van der Waals surface area contributed by atoms with E-state index in [9.17, 15) is 9.18 Å². The predicted octanol–water partition coefficient (Wildman–Crippen LogP) is 2.25. The third-order valence-corrected chi connectivity index (χ3v) is 5.20. The molecule has 1 N–H and O–H groups in total. The molecule has 2 aromatic rings. The Morgan fingerprint density at radius 2 is 2.23 bits per heavy atom. The van der Waals surface area contributed by atoms with Crippen LogP contribution in [0.3, 0.4) is 0 Å². The molecule has 2 aliphatic heterocycles. The van der Waals surface area contributed by atoms with Gasteiger partial charge in [-0.05, 0) is 24.1 Å². The Labute approximate surface area is 150 Å². The maximum absolute atomic E-state index is 14.5. The summed E-state index contributed by atoms with van der Waals surface area (Å²) < 4.78 is 16.1. The highest BCUT2D eigenvalue weighted by Gasteiger charge is 2.43. The molecule has 2 amide bonds. The Hall–Kier alpha value is -3.08. The van der Waals surface area contributed by atoms with Gasteiger partial charge in [-0.25, -0.2) is 9.18 Å². The van der Waals surface area contributed by atoms with Crippen LogP contribution in [0.2, 0.25) is 0 Å². The molecule has 0 saturated carbocycles. The second-order valence-corrected chi connectivity index (χ2v) is 6.84. The summed E-state index contributed by atoms with van der Waals surface area (Å²) in [7, 11) is 1.80. The molecule has 2 saturated heterocycles. The lowest BCUT2D eigenvalue weighted by molar-refractivity contribution is 0.203. The van der Waals surface area contributed by atoms with Crippen molar-refractivity contribution in [2.75, 3.05) is 25.0 Å². The summed E-state index contributed by atoms with van der Waals surface area (Å²) in [4.78, 5) is 16.0. The molecule has 2 atom stereocenters. The van der Waals surface area contributed by atoms with Crippen LogP contribution in [-0.2, 0) is 7.05 Å². The van der Waals surface area contributed by atoms with Crippen molar-refractivity contribution >= 4 is 11.7 Å². The number of carbonyl (C=O) groups excluding carboxylic acids is 1. The maximum Gasteiger partial charge on any atom is 0.322 e. The van der Waals surface area contributed by atoms with Crippen LogP contribution < -0.4 is 5.32 Å². The number of hydrogen-bond donors (Lipinski definition) is 1. The van der Waals surface area contributed by atoms with Gasteiger partial charge < -0.3 is 15.1 Å². The molecular weight excluding hydrogens is 335 g/mol. The minimum absolute atomic E-state index is 0.0207. The van der Waals surface area contributed by atoms with E-state index in [4.69, 9.17) is 5.26 Å². The fourth-order valence-corrected chi connectivity index (χ4v) is 3.85. The summed E-state index contributed by atoms with van der Waals surface area (Å²) in [5.41, 5.74) is 1.67. The fourth-order valence-electron chi connectivity index (χ4n) is 3.85. The van der Waals surface area contributed by atoms with Crippen molar-refractivity contribution in [1.29, 1.82) is 5.26 Å². The SMILES string of the molecule is Cn1cc(-c2ccc(NC(=O)N3CC[C@@H]4CN(C#N)C[C@@H]43)c(F)c2)cn1. The normalized spacial score (nSPS) is 21.6. The fraction of sp³-hybridized carbons (Fsp3) is 0.389. The molecular formula is C18H19FN6O. The number of likely N-dealkylation sites (tertiary alicyclic amines) is 2. The number of nitriles is 1. The minimum Gasteiger partial charge on any atom is -0.319 e. The summed E-state index contributed by atoms with van der Waals surface area (Å²) in [5.74, 6) is -0.168. The molecule has 0 bridgehead atoms. The quantitative estimate of drug-likeness (QED) is 0.839. The minimum atomic E-state index is -0.486. The van der Waals surface area contributed by atoms with Crippen molar-refractivity contribution in [1.82, 2.24) is 19.6 Å². The Kier molecular flexibility index (Phi) is 3.99. The van der Waals surface area contributed by atoms with E-state index in [1.165, 1.54) is 6.07 Å². The van der Waals surface area contributed by atoms with Crippen LogP contribution in [0, 0.1) is 23.2 Å². The average Bonchev–Trinajstić information content (AvgIpc) is 3.31. The maximum atomic E-state index is 14.5. The van der Waals surface area contributed by atoms with Crippen molar-refractivity contribution in [3.8, 4) is 17.3 Å². The van der Waals surface area contributed by atoms with E-state index in [2.05, 4.69) is 16.6 Å². The third kappa shape index (κ3) is 2.86. The number of hydrogen-bond acceptors (Lipinski definition) is 4. The van der Waals surface area contributed by atoms with Crippen molar-refractivity contribution in [3.05, 3.63) is 36.4 Å². The number of rotatable bonds is 2. The van der Waals surface area contributed by atoms with E-state index in [0.717, 1.165) is 12.0 Å². The number of halogens is 1. The van der Waals surface area contributed by atoms with E-state index >= 15 is 0 Å². The number of fused-ring (bicyclic) bond motifs is 1. The molecule has 1 aromatic carbocycles. The van der Waals surface area contributed by atoms with Gasteiger partial charge in [0.05, 0.1) is 17.9 Å². The Bertz CT molecular complexity index is 888. The summed E-state index contributed by atoms with van der Waals surface area (Å²) in [5, 5.41) is 15.8. The van der Waals surface area contributed by atoms with Crippen LogP contribution in [0.25, 0.3) is 11.1 Å². The first-order valence-corrected chi connectivity index (χ1v) is 8.56. The van der Waals surface area contributed by atoms with Gasteiger partial charge in [0.1, 0.15) is 5.82 Å². The highest BCUT2D eigenvalue weighted by molar-refractivity contribution is 5.90. The summed E-state index contributed by atoms with van der Waals surface area (Å²) >= 11 is 0. The van der Waals surface area contributed by atoms with Crippen LogP contribution in [0.4, 0.5) is 14.9 Å². The number of aryl methyl sites for hydroxylation is 1. The molecule has 2 aliphatic rings. The van der Waals surface area contributed by atoms with E-state index in [1.807, 2.05) is 0 Å². The lowest BCUT2D eigenvalue weighted by Gasteiger charge is -2.24. The van der Waals surface area contributed by atoms with Crippen molar-refractivity contribution < 1.29 is 9.18 Å². The lowest BCUT2D eigenvalue weighted by atomic mass is 10.1. The number of carbonyl (C=O) groups is 1. The van der Waals surface area contributed by atoms with Crippen molar-refractivity contribution in [2.24, 2.45) is 13.0 Å². The Balaban J connectivity index is 1.47. The highest BCUT2D eigenvalue weighted by Crippen LogP contribution is 2.32. The van der Waals surface area contributed by atoms with Crippen molar-refractivity contribution in [3.63, 3.8) is 0 Å². The number of amides is 2. The molecule has 134 valence electrons. The number of urea groups is 1. The van der Waals surface area contributed by atoms with Crippen LogP contribution in [-0.4, -0.2) is 51.3 Å². The number of anilines is 1. The standard InChI is InChI=1S/C18H19FN6O/c1-23-8-14(7-21-23)12-2-3-16(15(19)6-12)22-18(26)25-5-4-13-9-24(11-20)10-17(13)25/h2-3,6-8,13,17H,4-5,9-10H2,1H3,(H,22,26)/t13-,17+/m1/s1. The average molecular weight is 354 g/mol. The molecule has 2 fully saturated rings. The molecule has 0 aliphatic carbocycles. The molecule has 3 heterocycles. The number of nitrogens with zero attached hydrogens (tertiary/aromatic N) is 5. The second kappa shape index (κ2) is 6.33. The van der Waals surface area contributed by atoms with E-state index in [1.54, 1.807) is 46.1 Å². The van der Waals surface area contributed by atoms with Crippen LogP contribution >= 0.6 is 0 Å². The summed E-state index contributed by atoms with van der Waals surface area (Å²) in [6, 6.07) is 4.43.